The number of rotatable bonds is 4. The predicted octanol–water partition coefficient (Wildman–Crippen LogP) is 2.81. The number of benzene rings is 1. The first-order valence-corrected chi connectivity index (χ1v) is 9.81. The molecule has 3 amide bonds. The number of alkyl halides is 3. The molecule has 2 N–H and O–H groups in total. The number of hydrogen-bond donors (Lipinski definition) is 2. The monoisotopic (exact) mass is 435 g/mol. The molecule has 0 aromatic heterocycles. The Balaban J connectivity index is 1.63. The summed E-state index contributed by atoms with van der Waals surface area (Å²) >= 11 is 7.12. The molecule has 2 heterocycles. The zero-order valence-electron chi connectivity index (χ0n) is 14.5. The first-order chi connectivity index (χ1) is 13.1. The van der Waals surface area contributed by atoms with Gasteiger partial charge in [0, 0.05) is 22.9 Å². The highest BCUT2D eigenvalue weighted by Crippen LogP contribution is 2.38. The molecule has 2 aliphatic rings. The second-order valence-electron chi connectivity index (χ2n) is 6.52. The lowest BCUT2D eigenvalue weighted by Crippen LogP contribution is -2.48. The predicted molar refractivity (Wildman–Crippen MR) is 98.1 cm³/mol. The van der Waals surface area contributed by atoms with E-state index in [1.54, 1.807) is 18.2 Å². The summed E-state index contributed by atoms with van der Waals surface area (Å²) in [7, 11) is 0. The molecule has 2 unspecified atom stereocenters. The quantitative estimate of drug-likeness (QED) is 0.762. The van der Waals surface area contributed by atoms with Crippen molar-refractivity contribution in [1.82, 2.24) is 10.2 Å². The van der Waals surface area contributed by atoms with E-state index < -0.39 is 35.8 Å². The van der Waals surface area contributed by atoms with E-state index in [0.717, 1.165) is 4.90 Å². The number of nitrogens with zero attached hydrogens (tertiary/aromatic N) is 1. The largest absolute Gasteiger partial charge is 0.405 e. The molecule has 3 rings (SSSR count). The minimum absolute atomic E-state index is 0.151. The number of halogens is 4. The minimum Gasteiger partial charge on any atom is -0.345 e. The zero-order valence-corrected chi connectivity index (χ0v) is 16.1. The summed E-state index contributed by atoms with van der Waals surface area (Å²) in [5.41, 5.74) is 0.566. The second kappa shape index (κ2) is 8.20. The van der Waals surface area contributed by atoms with Crippen LogP contribution in [0.3, 0.4) is 0 Å². The smallest absolute Gasteiger partial charge is 0.345 e. The van der Waals surface area contributed by atoms with Gasteiger partial charge in [-0.25, -0.2) is 0 Å². The number of carbonyl (C=O) groups excluding carboxylic acids is 3. The first kappa shape index (κ1) is 20.8. The van der Waals surface area contributed by atoms with Gasteiger partial charge in [0.1, 0.15) is 12.6 Å². The van der Waals surface area contributed by atoms with Crippen molar-refractivity contribution in [2.24, 2.45) is 0 Å². The van der Waals surface area contributed by atoms with Crippen LogP contribution in [0.2, 0.25) is 5.02 Å². The highest BCUT2D eigenvalue weighted by atomic mass is 35.5. The standard InChI is InChI=1S/C17H17ClF3N3O3S/c18-9-3-4-12-10(6-9)23-16(27)13(28-12)7-14(25)24-5-1-2-11(24)15(26)22-8-17(19,20)21/h3-4,6,11,13H,1-2,5,7-8H2,(H,22,26)(H,23,27). The summed E-state index contributed by atoms with van der Waals surface area (Å²) in [6.07, 6.45) is -3.86. The van der Waals surface area contributed by atoms with Crippen LogP contribution in [0, 0.1) is 0 Å². The Labute approximate surface area is 168 Å². The van der Waals surface area contributed by atoms with E-state index in [1.807, 2.05) is 5.32 Å². The van der Waals surface area contributed by atoms with Gasteiger partial charge in [-0.1, -0.05) is 11.6 Å². The normalized spacial score (nSPS) is 21.9. The SMILES string of the molecule is O=C1Nc2cc(Cl)ccc2SC1CC(=O)N1CCCC1C(=O)NCC(F)(F)F. The maximum atomic E-state index is 12.7. The van der Waals surface area contributed by atoms with Gasteiger partial charge in [0.2, 0.25) is 17.7 Å². The van der Waals surface area contributed by atoms with Crippen LogP contribution < -0.4 is 10.6 Å². The molecule has 0 aliphatic carbocycles. The molecule has 0 radical (unpaired) electrons. The van der Waals surface area contributed by atoms with Gasteiger partial charge in [0.15, 0.2) is 0 Å². The highest BCUT2D eigenvalue weighted by molar-refractivity contribution is 8.01. The third kappa shape index (κ3) is 4.91. The van der Waals surface area contributed by atoms with Crippen molar-refractivity contribution in [3.63, 3.8) is 0 Å². The van der Waals surface area contributed by atoms with Crippen molar-refractivity contribution < 1.29 is 27.6 Å². The fourth-order valence-corrected chi connectivity index (χ4v) is 4.43. The topological polar surface area (TPSA) is 78.5 Å². The number of amides is 3. The van der Waals surface area contributed by atoms with Gasteiger partial charge in [-0.05, 0) is 31.0 Å². The molecular formula is C17H17ClF3N3O3S. The van der Waals surface area contributed by atoms with E-state index in [0.29, 0.717) is 23.6 Å². The van der Waals surface area contributed by atoms with E-state index in [4.69, 9.17) is 11.6 Å². The first-order valence-electron chi connectivity index (χ1n) is 8.55. The third-order valence-electron chi connectivity index (χ3n) is 4.46. The summed E-state index contributed by atoms with van der Waals surface area (Å²) in [5.74, 6) is -1.62. The van der Waals surface area contributed by atoms with Gasteiger partial charge >= 0.3 is 6.18 Å². The molecule has 1 fully saturated rings. The average molecular weight is 436 g/mol. The van der Waals surface area contributed by atoms with Crippen LogP contribution >= 0.6 is 23.4 Å². The van der Waals surface area contributed by atoms with Crippen LogP contribution in [-0.4, -0.2) is 53.2 Å². The average Bonchev–Trinajstić information content (AvgIpc) is 3.10. The van der Waals surface area contributed by atoms with Crippen molar-refractivity contribution >= 4 is 46.8 Å². The van der Waals surface area contributed by atoms with E-state index in [-0.39, 0.29) is 18.9 Å². The maximum Gasteiger partial charge on any atom is 0.405 e. The van der Waals surface area contributed by atoms with Crippen molar-refractivity contribution in [1.29, 1.82) is 0 Å². The molecule has 0 saturated carbocycles. The number of fused-ring (bicyclic) bond motifs is 1. The molecule has 1 aromatic rings. The molecule has 2 atom stereocenters. The van der Waals surface area contributed by atoms with E-state index in [1.165, 1.54) is 16.7 Å². The lowest BCUT2D eigenvalue weighted by atomic mass is 10.2. The number of hydrogen-bond acceptors (Lipinski definition) is 4. The van der Waals surface area contributed by atoms with Crippen molar-refractivity contribution in [2.75, 3.05) is 18.4 Å². The zero-order chi connectivity index (χ0) is 20.5. The molecule has 28 heavy (non-hydrogen) atoms. The van der Waals surface area contributed by atoms with Crippen LogP contribution in [0.15, 0.2) is 23.1 Å². The number of thioether (sulfide) groups is 1. The van der Waals surface area contributed by atoms with Crippen LogP contribution in [-0.2, 0) is 14.4 Å². The van der Waals surface area contributed by atoms with Gasteiger partial charge in [-0.3, -0.25) is 14.4 Å². The molecule has 1 saturated heterocycles. The van der Waals surface area contributed by atoms with E-state index in [2.05, 4.69) is 5.32 Å². The van der Waals surface area contributed by atoms with Gasteiger partial charge in [-0.2, -0.15) is 13.2 Å². The second-order valence-corrected chi connectivity index (χ2v) is 8.20. The maximum absolute atomic E-state index is 12.7. The Morgan fingerprint density at radius 3 is 2.82 bits per heavy atom. The van der Waals surface area contributed by atoms with Crippen LogP contribution in [0.4, 0.5) is 18.9 Å². The molecule has 0 spiro atoms. The van der Waals surface area contributed by atoms with Crippen LogP contribution in [0.1, 0.15) is 19.3 Å². The van der Waals surface area contributed by atoms with Gasteiger partial charge in [0.05, 0.1) is 10.9 Å². The lowest BCUT2D eigenvalue weighted by molar-refractivity contribution is -0.145. The van der Waals surface area contributed by atoms with Gasteiger partial charge < -0.3 is 15.5 Å². The summed E-state index contributed by atoms with van der Waals surface area (Å²) in [6.45, 7) is -1.17. The Bertz CT molecular complexity index is 806. The summed E-state index contributed by atoms with van der Waals surface area (Å²) < 4.78 is 36.9. The summed E-state index contributed by atoms with van der Waals surface area (Å²) in [5, 5.41) is 4.30. The van der Waals surface area contributed by atoms with Crippen LogP contribution in [0.5, 0.6) is 0 Å². The summed E-state index contributed by atoms with van der Waals surface area (Å²) in [6, 6.07) is 4.08. The van der Waals surface area contributed by atoms with Crippen molar-refractivity contribution in [2.45, 2.75) is 41.6 Å². The Hall–Kier alpha value is -1.94. The molecule has 2 aliphatic heterocycles. The lowest BCUT2D eigenvalue weighted by Gasteiger charge is -2.28. The number of nitrogens with one attached hydrogen (secondary N) is 2. The molecule has 6 nitrogen and oxygen atoms in total. The third-order valence-corrected chi connectivity index (χ3v) is 5.97. The fourth-order valence-electron chi connectivity index (χ4n) is 3.18. The molecule has 152 valence electrons. The van der Waals surface area contributed by atoms with E-state index in [9.17, 15) is 27.6 Å². The van der Waals surface area contributed by atoms with E-state index >= 15 is 0 Å². The molecule has 11 heteroatoms. The minimum atomic E-state index is -4.52. The number of likely N-dealkylation sites (tertiary alicyclic amines) is 1. The summed E-state index contributed by atoms with van der Waals surface area (Å²) in [4.78, 5) is 39.0. The number of carbonyl (C=O) groups is 3. The van der Waals surface area contributed by atoms with Gasteiger partial charge in [-0.15, -0.1) is 11.8 Å². The van der Waals surface area contributed by atoms with Crippen molar-refractivity contribution in [3.8, 4) is 0 Å². The highest BCUT2D eigenvalue weighted by Gasteiger charge is 2.38. The molecule has 0 bridgehead atoms. The van der Waals surface area contributed by atoms with Gasteiger partial charge in [0.25, 0.3) is 0 Å². The fraction of sp³-hybridized carbons (Fsp3) is 0.471. The number of anilines is 1. The molecule has 1 aromatic carbocycles. The Kier molecular flexibility index (Phi) is 6.09. The van der Waals surface area contributed by atoms with Crippen molar-refractivity contribution in [3.05, 3.63) is 23.2 Å². The molecular weight excluding hydrogens is 419 g/mol. The Morgan fingerprint density at radius 1 is 1.36 bits per heavy atom. The van der Waals surface area contributed by atoms with Crippen LogP contribution in [0.25, 0.3) is 0 Å². The Morgan fingerprint density at radius 2 is 2.11 bits per heavy atom.